The van der Waals surface area contributed by atoms with Crippen molar-refractivity contribution in [2.24, 2.45) is 7.05 Å². The van der Waals surface area contributed by atoms with Crippen molar-refractivity contribution in [2.75, 3.05) is 19.6 Å². The summed E-state index contributed by atoms with van der Waals surface area (Å²) in [7, 11) is 1.81. The van der Waals surface area contributed by atoms with Gasteiger partial charge in [0.05, 0.1) is 17.3 Å². The van der Waals surface area contributed by atoms with Gasteiger partial charge in [0.15, 0.2) is 5.82 Å². The number of rotatable bonds is 6. The van der Waals surface area contributed by atoms with Gasteiger partial charge in [0.25, 0.3) is 5.91 Å². The SMILES string of the molecule is CC(=O)N(CCc1noc(C2CCC2)n1)C1CCN(C(=O)c2cn(C)nc2C)C1. The molecule has 2 aliphatic rings. The Labute approximate surface area is 170 Å². The molecule has 2 amide bonds. The van der Waals surface area contributed by atoms with Crippen LogP contribution >= 0.6 is 0 Å². The number of nitrogens with zero attached hydrogens (tertiary/aromatic N) is 6. The third kappa shape index (κ3) is 4.04. The lowest BCUT2D eigenvalue weighted by Gasteiger charge is -2.27. The lowest BCUT2D eigenvalue weighted by atomic mass is 9.85. The smallest absolute Gasteiger partial charge is 0.257 e. The second-order valence-corrected chi connectivity index (χ2v) is 8.13. The summed E-state index contributed by atoms with van der Waals surface area (Å²) in [6, 6.07) is 0.00595. The average Bonchev–Trinajstić information content (AvgIpc) is 3.34. The molecule has 0 N–H and O–H groups in total. The summed E-state index contributed by atoms with van der Waals surface area (Å²) in [6.45, 7) is 5.11. The van der Waals surface area contributed by atoms with Gasteiger partial charge in [0.1, 0.15) is 0 Å². The maximum Gasteiger partial charge on any atom is 0.257 e. The summed E-state index contributed by atoms with van der Waals surface area (Å²) in [4.78, 5) is 33.3. The number of carbonyl (C=O) groups excluding carboxylic acids is 2. The molecule has 4 rings (SSSR count). The van der Waals surface area contributed by atoms with Gasteiger partial charge in [-0.1, -0.05) is 11.6 Å². The van der Waals surface area contributed by atoms with Gasteiger partial charge in [-0.05, 0) is 26.2 Å². The number of aromatic nitrogens is 4. The molecule has 0 radical (unpaired) electrons. The van der Waals surface area contributed by atoms with E-state index in [1.165, 1.54) is 6.42 Å². The standard InChI is InChI=1S/C20H28N6O3/c1-13-17(12-24(3)22-13)20(28)25-9-7-16(11-25)26(14(2)27)10-8-18-21-19(29-23-18)15-5-4-6-15/h12,15-16H,4-11H2,1-3H3. The molecule has 1 saturated carbocycles. The molecule has 2 fully saturated rings. The van der Waals surface area contributed by atoms with E-state index in [-0.39, 0.29) is 17.9 Å². The van der Waals surface area contributed by atoms with Crippen molar-refractivity contribution in [1.82, 2.24) is 29.7 Å². The third-order valence-electron chi connectivity index (χ3n) is 6.05. The lowest BCUT2D eigenvalue weighted by Crippen LogP contribution is -2.42. The third-order valence-corrected chi connectivity index (χ3v) is 6.05. The summed E-state index contributed by atoms with van der Waals surface area (Å²) < 4.78 is 7.03. The zero-order valence-corrected chi connectivity index (χ0v) is 17.3. The second-order valence-electron chi connectivity index (χ2n) is 8.13. The molecule has 1 unspecified atom stereocenters. The van der Waals surface area contributed by atoms with E-state index in [0.29, 0.717) is 43.4 Å². The van der Waals surface area contributed by atoms with Crippen molar-refractivity contribution in [2.45, 2.75) is 57.9 Å². The van der Waals surface area contributed by atoms with Crippen LogP contribution in [-0.2, 0) is 18.3 Å². The summed E-state index contributed by atoms with van der Waals surface area (Å²) in [5, 5.41) is 8.33. The summed E-state index contributed by atoms with van der Waals surface area (Å²) >= 11 is 0. The van der Waals surface area contributed by atoms with E-state index < -0.39 is 0 Å². The minimum absolute atomic E-state index is 0.00423. The highest BCUT2D eigenvalue weighted by atomic mass is 16.5. The normalized spacial score (nSPS) is 19.4. The van der Waals surface area contributed by atoms with Crippen molar-refractivity contribution < 1.29 is 14.1 Å². The van der Waals surface area contributed by atoms with Crippen LogP contribution in [0.2, 0.25) is 0 Å². The zero-order chi connectivity index (χ0) is 20.5. The first kappa shape index (κ1) is 19.6. The van der Waals surface area contributed by atoms with Crippen molar-refractivity contribution in [3.8, 4) is 0 Å². The molecule has 1 aliphatic heterocycles. The molecular formula is C20H28N6O3. The molecule has 0 aromatic carbocycles. The maximum atomic E-state index is 12.8. The lowest BCUT2D eigenvalue weighted by molar-refractivity contribution is -0.130. The van der Waals surface area contributed by atoms with E-state index in [0.717, 1.165) is 30.8 Å². The number of carbonyl (C=O) groups is 2. The minimum Gasteiger partial charge on any atom is -0.339 e. The Balaban J connectivity index is 1.36. The number of likely N-dealkylation sites (tertiary alicyclic amines) is 1. The molecule has 2 aromatic heterocycles. The van der Waals surface area contributed by atoms with E-state index in [1.54, 1.807) is 17.8 Å². The Morgan fingerprint density at radius 3 is 2.72 bits per heavy atom. The number of amides is 2. The number of aryl methyl sites for hydroxylation is 2. The van der Waals surface area contributed by atoms with Gasteiger partial charge in [-0.25, -0.2) is 0 Å². The molecule has 156 valence electrons. The molecule has 9 heteroatoms. The van der Waals surface area contributed by atoms with E-state index in [2.05, 4.69) is 15.2 Å². The Kier molecular flexibility index (Phi) is 5.38. The molecule has 2 aromatic rings. The van der Waals surface area contributed by atoms with Crippen LogP contribution in [0.4, 0.5) is 0 Å². The first-order valence-corrected chi connectivity index (χ1v) is 10.3. The van der Waals surface area contributed by atoms with Crippen molar-refractivity contribution in [1.29, 1.82) is 0 Å². The zero-order valence-electron chi connectivity index (χ0n) is 17.3. The molecule has 1 atom stereocenters. The van der Waals surface area contributed by atoms with Gasteiger partial charge >= 0.3 is 0 Å². The highest BCUT2D eigenvalue weighted by Gasteiger charge is 2.33. The quantitative estimate of drug-likeness (QED) is 0.732. The molecule has 0 spiro atoms. The van der Waals surface area contributed by atoms with E-state index in [9.17, 15) is 9.59 Å². The first-order chi connectivity index (χ1) is 13.9. The maximum absolute atomic E-state index is 12.8. The molecule has 1 saturated heterocycles. The molecule has 0 bridgehead atoms. The van der Waals surface area contributed by atoms with Crippen LogP contribution in [0.3, 0.4) is 0 Å². The van der Waals surface area contributed by atoms with Crippen LogP contribution in [0.15, 0.2) is 10.7 Å². The predicted molar refractivity (Wildman–Crippen MR) is 104 cm³/mol. The highest BCUT2D eigenvalue weighted by Crippen LogP contribution is 2.35. The van der Waals surface area contributed by atoms with Crippen LogP contribution < -0.4 is 0 Å². The fourth-order valence-corrected chi connectivity index (χ4v) is 4.17. The van der Waals surface area contributed by atoms with E-state index >= 15 is 0 Å². The topological polar surface area (TPSA) is 97.4 Å². The van der Waals surface area contributed by atoms with Gasteiger partial charge in [-0.15, -0.1) is 0 Å². The average molecular weight is 400 g/mol. The van der Waals surface area contributed by atoms with Gasteiger partial charge < -0.3 is 14.3 Å². The minimum atomic E-state index is -0.0232. The van der Waals surface area contributed by atoms with Crippen molar-refractivity contribution in [3.05, 3.63) is 29.2 Å². The van der Waals surface area contributed by atoms with Crippen LogP contribution in [0.25, 0.3) is 0 Å². The number of hydrogen-bond acceptors (Lipinski definition) is 6. The predicted octanol–water partition coefficient (Wildman–Crippen LogP) is 1.68. The van der Waals surface area contributed by atoms with Gasteiger partial charge in [0, 0.05) is 52.1 Å². The van der Waals surface area contributed by atoms with Crippen LogP contribution in [-0.4, -0.2) is 67.2 Å². The van der Waals surface area contributed by atoms with Gasteiger partial charge in [-0.2, -0.15) is 10.1 Å². The van der Waals surface area contributed by atoms with Crippen LogP contribution in [0.1, 0.15) is 66.3 Å². The Hall–Kier alpha value is -2.71. The Morgan fingerprint density at radius 1 is 1.31 bits per heavy atom. The second kappa shape index (κ2) is 7.96. The largest absolute Gasteiger partial charge is 0.339 e. The fraction of sp³-hybridized carbons (Fsp3) is 0.650. The Morgan fingerprint density at radius 2 is 2.10 bits per heavy atom. The highest BCUT2D eigenvalue weighted by molar-refractivity contribution is 5.95. The summed E-state index contributed by atoms with van der Waals surface area (Å²) in [6.07, 6.45) is 6.53. The molecule has 29 heavy (non-hydrogen) atoms. The molecule has 3 heterocycles. The first-order valence-electron chi connectivity index (χ1n) is 10.3. The molecular weight excluding hydrogens is 372 g/mol. The van der Waals surface area contributed by atoms with E-state index in [1.807, 2.05) is 23.8 Å². The summed E-state index contributed by atoms with van der Waals surface area (Å²) in [5.74, 6) is 1.76. The number of hydrogen-bond donors (Lipinski definition) is 0. The van der Waals surface area contributed by atoms with Gasteiger partial charge in [0.2, 0.25) is 11.8 Å². The van der Waals surface area contributed by atoms with Crippen molar-refractivity contribution in [3.63, 3.8) is 0 Å². The van der Waals surface area contributed by atoms with Crippen molar-refractivity contribution >= 4 is 11.8 Å². The summed E-state index contributed by atoms with van der Waals surface area (Å²) in [5.41, 5.74) is 1.35. The van der Waals surface area contributed by atoms with Crippen LogP contribution in [0.5, 0.6) is 0 Å². The molecule has 9 nitrogen and oxygen atoms in total. The fourth-order valence-electron chi connectivity index (χ4n) is 4.17. The molecule has 1 aliphatic carbocycles. The monoisotopic (exact) mass is 400 g/mol. The van der Waals surface area contributed by atoms with Crippen LogP contribution in [0, 0.1) is 6.92 Å². The van der Waals surface area contributed by atoms with Gasteiger partial charge in [-0.3, -0.25) is 14.3 Å². The van der Waals surface area contributed by atoms with E-state index in [4.69, 9.17) is 4.52 Å². The Bertz CT molecular complexity index is 900.